The van der Waals surface area contributed by atoms with Gasteiger partial charge < -0.3 is 14.2 Å². The van der Waals surface area contributed by atoms with Crippen LogP contribution in [0.2, 0.25) is 0 Å². The summed E-state index contributed by atoms with van der Waals surface area (Å²) in [4.78, 5) is 25.2. The number of carbonyl (C=O) groups excluding carboxylic acids is 2. The van der Waals surface area contributed by atoms with E-state index >= 15 is 0 Å². The Balaban J connectivity index is 4.09. The van der Waals surface area contributed by atoms with Crippen LogP contribution in [0.15, 0.2) is 0 Å². The van der Waals surface area contributed by atoms with Crippen LogP contribution in [0, 0.1) is 0 Å². The fourth-order valence-corrected chi connectivity index (χ4v) is 7.10. The lowest BCUT2D eigenvalue weighted by molar-refractivity contribution is -0.163. The summed E-state index contributed by atoms with van der Waals surface area (Å²) in [5, 5.41) is 0. The van der Waals surface area contributed by atoms with E-state index in [1.54, 1.807) is 0 Å². The molecule has 52 heavy (non-hydrogen) atoms. The highest BCUT2D eigenvalue weighted by Gasteiger charge is 2.17. The number of hydrogen-bond donors (Lipinski definition) is 0. The molecule has 0 aliphatic carbocycles. The molecule has 310 valence electrons. The first-order valence-electron chi connectivity index (χ1n) is 23.6. The molecule has 1 atom stereocenters. The minimum atomic E-state index is -0.520. The van der Waals surface area contributed by atoms with Crippen molar-refractivity contribution in [2.45, 2.75) is 271 Å². The molecule has 0 spiro atoms. The molecule has 5 nitrogen and oxygen atoms in total. The molecule has 0 aromatic heterocycles. The van der Waals surface area contributed by atoms with Crippen molar-refractivity contribution in [1.29, 1.82) is 0 Å². The van der Waals surface area contributed by atoms with Crippen LogP contribution < -0.4 is 0 Å². The topological polar surface area (TPSA) is 61.8 Å². The molecule has 0 aliphatic heterocycles. The zero-order valence-corrected chi connectivity index (χ0v) is 35.6. The van der Waals surface area contributed by atoms with Crippen LogP contribution in [-0.4, -0.2) is 37.9 Å². The van der Waals surface area contributed by atoms with Gasteiger partial charge in [0.2, 0.25) is 0 Å². The highest BCUT2D eigenvalue weighted by Crippen LogP contribution is 2.16. The molecule has 0 aliphatic rings. The van der Waals surface area contributed by atoms with Crippen LogP contribution in [0.1, 0.15) is 265 Å². The van der Waals surface area contributed by atoms with Gasteiger partial charge in [-0.1, -0.05) is 233 Å². The van der Waals surface area contributed by atoms with Crippen LogP contribution in [0.4, 0.5) is 0 Å². The van der Waals surface area contributed by atoms with Gasteiger partial charge in [-0.2, -0.15) is 0 Å². The minimum Gasteiger partial charge on any atom is -0.462 e. The molecule has 0 saturated carbocycles. The van der Waals surface area contributed by atoms with Crippen molar-refractivity contribution in [1.82, 2.24) is 0 Å². The minimum absolute atomic E-state index is 0.0966. The van der Waals surface area contributed by atoms with E-state index in [-0.39, 0.29) is 18.5 Å². The second-order valence-corrected chi connectivity index (χ2v) is 16.0. The first-order valence-corrected chi connectivity index (χ1v) is 23.6. The molecule has 0 aromatic rings. The van der Waals surface area contributed by atoms with Crippen LogP contribution in [0.25, 0.3) is 0 Å². The predicted octanol–water partition coefficient (Wildman–Crippen LogP) is 15.3. The lowest BCUT2D eigenvalue weighted by atomic mass is 10.0. The van der Waals surface area contributed by atoms with Crippen LogP contribution >= 0.6 is 0 Å². The molecular weight excluding hydrogens is 645 g/mol. The average molecular weight is 737 g/mol. The summed E-state index contributed by atoms with van der Waals surface area (Å²) in [5.41, 5.74) is 0. The zero-order valence-electron chi connectivity index (χ0n) is 35.6. The molecule has 0 bridgehead atoms. The molecule has 0 saturated heterocycles. The number of esters is 2. The van der Waals surface area contributed by atoms with Gasteiger partial charge in [-0.15, -0.1) is 0 Å². The van der Waals surface area contributed by atoms with Crippen molar-refractivity contribution in [2.75, 3.05) is 19.8 Å². The van der Waals surface area contributed by atoms with E-state index in [2.05, 4.69) is 20.8 Å². The first kappa shape index (κ1) is 50.9. The molecule has 0 heterocycles. The van der Waals surface area contributed by atoms with Gasteiger partial charge in [0, 0.05) is 19.4 Å². The van der Waals surface area contributed by atoms with Crippen molar-refractivity contribution in [3.63, 3.8) is 0 Å². The second kappa shape index (κ2) is 44.3. The van der Waals surface area contributed by atoms with Crippen molar-refractivity contribution >= 4 is 11.9 Å². The van der Waals surface area contributed by atoms with E-state index in [4.69, 9.17) is 14.2 Å². The van der Waals surface area contributed by atoms with Gasteiger partial charge in [0.15, 0.2) is 6.10 Å². The Morgan fingerprint density at radius 2 is 0.635 bits per heavy atom. The van der Waals surface area contributed by atoms with Gasteiger partial charge in [0.25, 0.3) is 0 Å². The SMILES string of the molecule is CCCCCCCCCCCCCCCCCCCC(=O)OCC(COCCCCCCCCCCCC)OC(=O)CCCCCCCCCCC. The Bertz CT molecular complexity index is 710. The molecule has 0 rings (SSSR count). The lowest BCUT2D eigenvalue weighted by Crippen LogP contribution is -2.30. The number of ether oxygens (including phenoxy) is 3. The molecule has 0 aromatic carbocycles. The molecular formula is C47H92O5. The summed E-state index contributed by atoms with van der Waals surface area (Å²) in [7, 11) is 0. The highest BCUT2D eigenvalue weighted by molar-refractivity contribution is 5.70. The number of hydrogen-bond acceptors (Lipinski definition) is 5. The second-order valence-electron chi connectivity index (χ2n) is 16.0. The summed E-state index contributed by atoms with van der Waals surface area (Å²) in [6.07, 6.45) is 46.7. The van der Waals surface area contributed by atoms with Crippen LogP contribution in [0.5, 0.6) is 0 Å². The number of carbonyl (C=O) groups is 2. The Morgan fingerprint density at radius 3 is 0.981 bits per heavy atom. The van der Waals surface area contributed by atoms with Crippen molar-refractivity contribution < 1.29 is 23.8 Å². The third kappa shape index (κ3) is 41.7. The zero-order chi connectivity index (χ0) is 37.8. The molecule has 0 amide bonds. The van der Waals surface area contributed by atoms with Crippen molar-refractivity contribution in [3.05, 3.63) is 0 Å². The summed E-state index contributed by atoms with van der Waals surface area (Å²) < 4.78 is 17.3. The highest BCUT2D eigenvalue weighted by atomic mass is 16.6. The van der Waals surface area contributed by atoms with E-state index < -0.39 is 6.10 Å². The predicted molar refractivity (Wildman–Crippen MR) is 224 cm³/mol. The van der Waals surface area contributed by atoms with Gasteiger partial charge in [-0.3, -0.25) is 9.59 Å². The Morgan fingerprint density at radius 1 is 0.346 bits per heavy atom. The monoisotopic (exact) mass is 737 g/mol. The van der Waals surface area contributed by atoms with Gasteiger partial charge in [-0.05, 0) is 19.3 Å². The van der Waals surface area contributed by atoms with Crippen LogP contribution in [-0.2, 0) is 23.8 Å². The van der Waals surface area contributed by atoms with E-state index in [9.17, 15) is 9.59 Å². The van der Waals surface area contributed by atoms with Gasteiger partial charge in [0.05, 0.1) is 6.61 Å². The summed E-state index contributed by atoms with van der Waals surface area (Å²) >= 11 is 0. The van der Waals surface area contributed by atoms with E-state index in [0.29, 0.717) is 26.1 Å². The van der Waals surface area contributed by atoms with Gasteiger partial charge in [-0.25, -0.2) is 0 Å². The average Bonchev–Trinajstić information content (AvgIpc) is 3.14. The Kier molecular flexibility index (Phi) is 43.4. The normalized spacial score (nSPS) is 12.0. The smallest absolute Gasteiger partial charge is 0.306 e. The fourth-order valence-electron chi connectivity index (χ4n) is 7.10. The maximum absolute atomic E-state index is 12.7. The fraction of sp³-hybridized carbons (Fsp3) is 0.957. The van der Waals surface area contributed by atoms with Gasteiger partial charge >= 0.3 is 11.9 Å². The lowest BCUT2D eigenvalue weighted by Gasteiger charge is -2.18. The Hall–Kier alpha value is -1.10. The standard InChI is InChI=1S/C47H92O5/c1-4-7-10-13-16-19-21-22-23-24-25-26-27-29-31-34-37-40-46(48)51-44-45(43-50-42-39-36-33-30-20-17-14-11-8-5-2)52-47(49)41-38-35-32-28-18-15-12-9-6-3/h45H,4-44H2,1-3H3. The molecule has 5 heteroatoms. The van der Waals surface area contributed by atoms with E-state index in [1.807, 2.05) is 0 Å². The largest absolute Gasteiger partial charge is 0.462 e. The Labute approximate surface area is 325 Å². The summed E-state index contributed by atoms with van der Waals surface area (Å²) in [5.74, 6) is -0.379. The molecule has 0 radical (unpaired) electrons. The maximum Gasteiger partial charge on any atom is 0.306 e. The molecule has 0 N–H and O–H groups in total. The number of rotatable bonds is 44. The summed E-state index contributed by atoms with van der Waals surface area (Å²) in [6.45, 7) is 7.86. The molecule has 1 unspecified atom stereocenters. The quantitative estimate of drug-likeness (QED) is 0.0460. The van der Waals surface area contributed by atoms with Crippen LogP contribution in [0.3, 0.4) is 0 Å². The van der Waals surface area contributed by atoms with Crippen molar-refractivity contribution in [3.8, 4) is 0 Å². The maximum atomic E-state index is 12.7. The molecule has 0 fully saturated rings. The summed E-state index contributed by atoms with van der Waals surface area (Å²) in [6, 6.07) is 0. The van der Waals surface area contributed by atoms with Gasteiger partial charge in [0.1, 0.15) is 6.61 Å². The van der Waals surface area contributed by atoms with E-state index in [1.165, 1.54) is 199 Å². The van der Waals surface area contributed by atoms with Crippen molar-refractivity contribution in [2.24, 2.45) is 0 Å². The third-order valence-electron chi connectivity index (χ3n) is 10.6. The first-order chi connectivity index (χ1) is 25.6. The van der Waals surface area contributed by atoms with E-state index in [0.717, 1.165) is 32.1 Å². The third-order valence-corrected chi connectivity index (χ3v) is 10.6. The number of unbranched alkanes of at least 4 members (excludes halogenated alkanes) is 33.